The van der Waals surface area contributed by atoms with Gasteiger partial charge in [-0.25, -0.2) is 0 Å². The molecule has 0 bridgehead atoms. The van der Waals surface area contributed by atoms with Gasteiger partial charge in [-0.1, -0.05) is 47.0 Å². The van der Waals surface area contributed by atoms with E-state index in [2.05, 4.69) is 25.9 Å². The molecular formula is C16H16ClN5O2. The summed E-state index contributed by atoms with van der Waals surface area (Å²) in [7, 11) is 1.58. The van der Waals surface area contributed by atoms with Crippen molar-refractivity contribution in [1.82, 2.24) is 20.6 Å². The van der Waals surface area contributed by atoms with Crippen LogP contribution in [-0.4, -0.2) is 27.7 Å². The summed E-state index contributed by atoms with van der Waals surface area (Å²) < 4.78 is 11.2. The number of benzene rings is 2. The number of hydrogen-bond donors (Lipinski definition) is 2. The van der Waals surface area contributed by atoms with Gasteiger partial charge in [-0.3, -0.25) is 0 Å². The highest BCUT2D eigenvalue weighted by Crippen LogP contribution is 2.37. The number of tetrazole rings is 1. The van der Waals surface area contributed by atoms with Crippen molar-refractivity contribution in [3.8, 4) is 11.5 Å². The molecule has 1 aromatic heterocycles. The molecule has 124 valence electrons. The summed E-state index contributed by atoms with van der Waals surface area (Å²) in [6, 6.07) is 13.5. The molecule has 0 spiro atoms. The van der Waals surface area contributed by atoms with Gasteiger partial charge in [0.1, 0.15) is 6.61 Å². The molecule has 0 aliphatic rings. The van der Waals surface area contributed by atoms with Crippen molar-refractivity contribution in [2.75, 3.05) is 12.4 Å². The molecule has 0 aliphatic carbocycles. The number of hydrogen-bond acceptors (Lipinski definition) is 6. The van der Waals surface area contributed by atoms with E-state index in [1.165, 1.54) is 0 Å². The van der Waals surface area contributed by atoms with Crippen LogP contribution in [0.4, 0.5) is 5.95 Å². The Morgan fingerprint density at radius 2 is 2.00 bits per heavy atom. The van der Waals surface area contributed by atoms with Crippen molar-refractivity contribution >= 4 is 17.5 Å². The number of methoxy groups -OCH3 is 1. The smallest absolute Gasteiger partial charge is 0.263 e. The maximum atomic E-state index is 6.36. The molecule has 0 fully saturated rings. The number of aromatic amines is 1. The van der Waals surface area contributed by atoms with E-state index in [4.69, 9.17) is 21.1 Å². The van der Waals surface area contributed by atoms with Gasteiger partial charge in [0.15, 0.2) is 11.5 Å². The van der Waals surface area contributed by atoms with Crippen LogP contribution in [0.3, 0.4) is 0 Å². The second-order valence-corrected chi connectivity index (χ2v) is 5.38. The third-order valence-corrected chi connectivity index (χ3v) is 3.59. The molecule has 0 amide bonds. The zero-order valence-electron chi connectivity index (χ0n) is 13.0. The van der Waals surface area contributed by atoms with E-state index in [1.807, 2.05) is 42.5 Å². The summed E-state index contributed by atoms with van der Waals surface area (Å²) in [6.45, 7) is 0.895. The number of aromatic nitrogens is 4. The van der Waals surface area contributed by atoms with Gasteiger partial charge >= 0.3 is 0 Å². The van der Waals surface area contributed by atoms with E-state index in [1.54, 1.807) is 7.11 Å². The average Bonchev–Trinajstić information content (AvgIpc) is 3.13. The first-order valence-electron chi connectivity index (χ1n) is 7.26. The molecule has 3 rings (SSSR count). The number of rotatable bonds is 7. The molecule has 1 heterocycles. The quantitative estimate of drug-likeness (QED) is 0.684. The van der Waals surface area contributed by atoms with Crippen LogP contribution in [-0.2, 0) is 13.2 Å². The molecule has 0 aliphatic heterocycles. The Balaban J connectivity index is 1.72. The Morgan fingerprint density at radius 1 is 1.17 bits per heavy atom. The molecule has 2 aromatic carbocycles. The maximum Gasteiger partial charge on any atom is 0.263 e. The number of halogens is 1. The highest BCUT2D eigenvalue weighted by atomic mass is 35.5. The summed E-state index contributed by atoms with van der Waals surface area (Å²) in [5.74, 6) is 1.50. The standard InChI is InChI=1S/C16H16ClN5O2/c1-23-14-8-12(9-18-16-19-21-22-20-16)7-13(17)15(14)24-10-11-5-3-2-4-6-11/h2-8H,9-10H2,1H3,(H2,18,19,20,21,22). The van der Waals surface area contributed by atoms with Gasteiger partial charge < -0.3 is 14.8 Å². The van der Waals surface area contributed by atoms with Crippen LogP contribution in [0.25, 0.3) is 0 Å². The minimum atomic E-state index is 0.412. The number of nitrogens with zero attached hydrogens (tertiary/aromatic N) is 3. The maximum absolute atomic E-state index is 6.36. The van der Waals surface area contributed by atoms with Crippen LogP contribution in [0.15, 0.2) is 42.5 Å². The number of nitrogens with one attached hydrogen (secondary N) is 2. The van der Waals surface area contributed by atoms with Crippen molar-refractivity contribution in [3.63, 3.8) is 0 Å². The fraction of sp³-hybridized carbons (Fsp3) is 0.188. The monoisotopic (exact) mass is 345 g/mol. The van der Waals surface area contributed by atoms with E-state index in [0.717, 1.165) is 11.1 Å². The Morgan fingerprint density at radius 3 is 2.71 bits per heavy atom. The van der Waals surface area contributed by atoms with Crippen molar-refractivity contribution in [2.24, 2.45) is 0 Å². The molecule has 3 aromatic rings. The zero-order chi connectivity index (χ0) is 16.8. The van der Waals surface area contributed by atoms with Gasteiger partial charge in [0, 0.05) is 6.54 Å². The van der Waals surface area contributed by atoms with Crippen LogP contribution >= 0.6 is 11.6 Å². The van der Waals surface area contributed by atoms with Crippen LogP contribution in [0.5, 0.6) is 11.5 Å². The minimum absolute atomic E-state index is 0.412. The van der Waals surface area contributed by atoms with E-state index < -0.39 is 0 Å². The molecule has 24 heavy (non-hydrogen) atoms. The number of H-pyrrole nitrogens is 1. The van der Waals surface area contributed by atoms with Crippen LogP contribution in [0.2, 0.25) is 5.02 Å². The Kier molecular flexibility index (Phi) is 5.12. The summed E-state index contributed by atoms with van der Waals surface area (Å²) in [6.07, 6.45) is 0. The summed E-state index contributed by atoms with van der Waals surface area (Å²) in [5, 5.41) is 17.0. The van der Waals surface area contributed by atoms with Gasteiger partial charge in [0.2, 0.25) is 0 Å². The SMILES string of the molecule is COc1cc(CNc2nn[nH]n2)cc(Cl)c1OCc1ccccc1. The molecular weight excluding hydrogens is 330 g/mol. The third kappa shape index (κ3) is 3.94. The fourth-order valence-corrected chi connectivity index (χ4v) is 2.45. The summed E-state index contributed by atoms with van der Waals surface area (Å²) in [5.41, 5.74) is 1.96. The van der Waals surface area contributed by atoms with Crippen LogP contribution in [0.1, 0.15) is 11.1 Å². The first-order valence-corrected chi connectivity index (χ1v) is 7.64. The molecule has 7 nitrogen and oxygen atoms in total. The first-order chi connectivity index (χ1) is 11.8. The first kappa shape index (κ1) is 16.1. The van der Waals surface area contributed by atoms with Gasteiger partial charge in [0.05, 0.1) is 12.1 Å². The average molecular weight is 346 g/mol. The Labute approximate surface area is 143 Å². The molecule has 0 unspecified atom stereocenters. The lowest BCUT2D eigenvalue weighted by molar-refractivity contribution is 0.284. The van der Waals surface area contributed by atoms with E-state index >= 15 is 0 Å². The highest BCUT2D eigenvalue weighted by molar-refractivity contribution is 6.32. The number of anilines is 1. The molecule has 0 atom stereocenters. The van der Waals surface area contributed by atoms with Crippen molar-refractivity contribution < 1.29 is 9.47 Å². The molecule has 0 radical (unpaired) electrons. The van der Waals surface area contributed by atoms with Gasteiger partial charge in [0.25, 0.3) is 5.95 Å². The van der Waals surface area contributed by atoms with Gasteiger partial charge in [-0.2, -0.15) is 5.21 Å². The second-order valence-electron chi connectivity index (χ2n) is 4.97. The molecule has 2 N–H and O–H groups in total. The molecule has 8 heteroatoms. The lowest BCUT2D eigenvalue weighted by Gasteiger charge is -2.14. The predicted molar refractivity (Wildman–Crippen MR) is 90.3 cm³/mol. The second kappa shape index (κ2) is 7.65. The third-order valence-electron chi connectivity index (χ3n) is 3.31. The van der Waals surface area contributed by atoms with Gasteiger partial charge in [-0.15, -0.1) is 5.10 Å². The lowest BCUT2D eigenvalue weighted by atomic mass is 10.2. The molecule has 0 saturated heterocycles. The van der Waals surface area contributed by atoms with E-state index in [9.17, 15) is 0 Å². The predicted octanol–water partition coefficient (Wildman–Crippen LogP) is 3.05. The number of ether oxygens (including phenoxy) is 2. The van der Waals surface area contributed by atoms with Crippen molar-refractivity contribution in [2.45, 2.75) is 13.2 Å². The largest absolute Gasteiger partial charge is 0.493 e. The molecule has 0 saturated carbocycles. The van der Waals surface area contributed by atoms with E-state index in [0.29, 0.717) is 35.6 Å². The van der Waals surface area contributed by atoms with Gasteiger partial charge in [-0.05, 0) is 28.5 Å². The fourth-order valence-electron chi connectivity index (χ4n) is 2.16. The lowest BCUT2D eigenvalue weighted by Crippen LogP contribution is -2.03. The Bertz CT molecular complexity index is 781. The topological polar surface area (TPSA) is 85.0 Å². The Hall–Kier alpha value is -2.80. The normalized spacial score (nSPS) is 10.4. The summed E-state index contributed by atoms with van der Waals surface area (Å²) in [4.78, 5) is 0. The van der Waals surface area contributed by atoms with E-state index in [-0.39, 0.29) is 0 Å². The summed E-state index contributed by atoms with van der Waals surface area (Å²) >= 11 is 6.36. The minimum Gasteiger partial charge on any atom is -0.493 e. The van der Waals surface area contributed by atoms with Crippen LogP contribution < -0.4 is 14.8 Å². The highest BCUT2D eigenvalue weighted by Gasteiger charge is 2.12. The van der Waals surface area contributed by atoms with Crippen molar-refractivity contribution in [3.05, 3.63) is 58.6 Å². The van der Waals surface area contributed by atoms with Crippen molar-refractivity contribution in [1.29, 1.82) is 0 Å². The zero-order valence-corrected chi connectivity index (χ0v) is 13.7. The van der Waals surface area contributed by atoms with Crippen LogP contribution in [0, 0.1) is 0 Å².